The van der Waals surface area contributed by atoms with Crippen LogP contribution >= 0.6 is 0 Å². The lowest BCUT2D eigenvalue weighted by Gasteiger charge is -2.05. The Kier molecular flexibility index (Phi) is 2.49. The third-order valence-electron chi connectivity index (χ3n) is 2.02. The second-order valence-electron chi connectivity index (χ2n) is 3.09. The molecule has 0 bridgehead atoms. The quantitative estimate of drug-likeness (QED) is 0.752. The van der Waals surface area contributed by atoms with Crippen LogP contribution in [0, 0.1) is 0 Å². The molecule has 1 aromatic carbocycles. The van der Waals surface area contributed by atoms with Crippen molar-refractivity contribution in [2.75, 3.05) is 12.8 Å². The highest BCUT2D eigenvalue weighted by Crippen LogP contribution is 2.25. The Morgan fingerprint density at radius 2 is 2.07 bits per heavy atom. The van der Waals surface area contributed by atoms with Crippen molar-refractivity contribution in [3.8, 4) is 17.0 Å². The molecular formula is C11H11N3O. The van der Waals surface area contributed by atoms with Crippen LogP contribution in [0.3, 0.4) is 0 Å². The molecule has 1 aromatic heterocycles. The summed E-state index contributed by atoms with van der Waals surface area (Å²) in [5.41, 5.74) is 8.08. The maximum atomic E-state index is 5.74. The van der Waals surface area contributed by atoms with Gasteiger partial charge < -0.3 is 10.5 Å². The van der Waals surface area contributed by atoms with Gasteiger partial charge in [-0.25, -0.2) is 0 Å². The Morgan fingerprint density at radius 3 is 2.73 bits per heavy atom. The molecule has 0 aliphatic rings. The number of aromatic nitrogens is 2. The second-order valence-corrected chi connectivity index (χ2v) is 3.09. The molecule has 76 valence electrons. The van der Waals surface area contributed by atoms with Crippen molar-refractivity contribution in [2.24, 2.45) is 0 Å². The molecular weight excluding hydrogens is 190 g/mol. The van der Waals surface area contributed by atoms with Gasteiger partial charge in [0.1, 0.15) is 5.75 Å². The van der Waals surface area contributed by atoms with Crippen molar-refractivity contribution in [2.45, 2.75) is 0 Å². The Labute approximate surface area is 87.7 Å². The number of nitrogens with zero attached hydrogens (tertiary/aromatic N) is 2. The highest BCUT2D eigenvalue weighted by Gasteiger charge is 2.02. The SMILES string of the molecule is COc1cc(N)cc(-c2cnccn2)c1. The normalized spacial score (nSPS) is 9.93. The summed E-state index contributed by atoms with van der Waals surface area (Å²) in [5, 5.41) is 0. The number of nitrogens with two attached hydrogens (primary N) is 1. The molecule has 0 spiro atoms. The standard InChI is InChI=1S/C11H11N3O/c1-15-10-5-8(4-9(12)6-10)11-7-13-2-3-14-11/h2-7H,12H2,1H3. The Morgan fingerprint density at radius 1 is 1.20 bits per heavy atom. The van der Waals surface area contributed by atoms with Gasteiger partial charge in [-0.2, -0.15) is 0 Å². The Bertz CT molecular complexity index is 457. The van der Waals surface area contributed by atoms with Gasteiger partial charge in [0, 0.05) is 29.7 Å². The van der Waals surface area contributed by atoms with Crippen LogP contribution in [0.5, 0.6) is 5.75 Å². The molecule has 0 aliphatic heterocycles. The van der Waals surface area contributed by atoms with Crippen LogP contribution in [0.4, 0.5) is 5.69 Å². The molecule has 2 rings (SSSR count). The maximum absolute atomic E-state index is 5.74. The second kappa shape index (κ2) is 3.96. The summed E-state index contributed by atoms with van der Waals surface area (Å²) in [7, 11) is 1.61. The number of methoxy groups -OCH3 is 1. The monoisotopic (exact) mass is 201 g/mol. The van der Waals surface area contributed by atoms with Crippen molar-refractivity contribution in [1.82, 2.24) is 9.97 Å². The summed E-state index contributed by atoms with van der Waals surface area (Å²) in [6.07, 6.45) is 4.96. The highest BCUT2D eigenvalue weighted by molar-refractivity contribution is 5.66. The molecule has 15 heavy (non-hydrogen) atoms. The van der Waals surface area contributed by atoms with E-state index in [2.05, 4.69) is 9.97 Å². The highest BCUT2D eigenvalue weighted by atomic mass is 16.5. The minimum atomic E-state index is 0.648. The average molecular weight is 201 g/mol. The number of rotatable bonds is 2. The van der Waals surface area contributed by atoms with E-state index >= 15 is 0 Å². The summed E-state index contributed by atoms with van der Waals surface area (Å²) < 4.78 is 5.13. The molecule has 0 saturated heterocycles. The third-order valence-corrected chi connectivity index (χ3v) is 2.02. The smallest absolute Gasteiger partial charge is 0.121 e. The minimum Gasteiger partial charge on any atom is -0.497 e. The van der Waals surface area contributed by atoms with E-state index in [1.165, 1.54) is 0 Å². The fourth-order valence-electron chi connectivity index (χ4n) is 1.34. The van der Waals surface area contributed by atoms with Gasteiger partial charge in [0.25, 0.3) is 0 Å². The summed E-state index contributed by atoms with van der Waals surface area (Å²) in [6.45, 7) is 0. The van der Waals surface area contributed by atoms with Gasteiger partial charge in [-0.15, -0.1) is 0 Å². The Hall–Kier alpha value is -2.10. The van der Waals surface area contributed by atoms with Crippen LogP contribution in [-0.4, -0.2) is 17.1 Å². The molecule has 0 amide bonds. The van der Waals surface area contributed by atoms with E-state index in [4.69, 9.17) is 10.5 Å². The molecule has 0 unspecified atom stereocenters. The predicted octanol–water partition coefficient (Wildman–Crippen LogP) is 1.73. The largest absolute Gasteiger partial charge is 0.497 e. The summed E-state index contributed by atoms with van der Waals surface area (Å²) in [4.78, 5) is 8.19. The van der Waals surface area contributed by atoms with Crippen LogP contribution in [0.15, 0.2) is 36.8 Å². The molecule has 0 fully saturated rings. The van der Waals surface area contributed by atoms with E-state index in [9.17, 15) is 0 Å². The molecule has 0 atom stereocenters. The van der Waals surface area contributed by atoms with Gasteiger partial charge >= 0.3 is 0 Å². The van der Waals surface area contributed by atoms with Crippen LogP contribution < -0.4 is 10.5 Å². The first-order valence-corrected chi connectivity index (χ1v) is 4.50. The Balaban J connectivity index is 2.49. The zero-order valence-corrected chi connectivity index (χ0v) is 8.34. The van der Waals surface area contributed by atoms with Gasteiger partial charge in [-0.3, -0.25) is 9.97 Å². The van der Waals surface area contributed by atoms with Gasteiger partial charge in [0.05, 0.1) is 19.0 Å². The number of benzene rings is 1. The van der Waals surface area contributed by atoms with Crippen LogP contribution in [0.2, 0.25) is 0 Å². The maximum Gasteiger partial charge on any atom is 0.121 e. The van der Waals surface area contributed by atoms with Crippen LogP contribution in [-0.2, 0) is 0 Å². The third kappa shape index (κ3) is 2.04. The molecule has 0 saturated carbocycles. The summed E-state index contributed by atoms with van der Waals surface area (Å²) in [5.74, 6) is 0.718. The van der Waals surface area contributed by atoms with E-state index in [1.807, 2.05) is 12.1 Å². The fraction of sp³-hybridized carbons (Fsp3) is 0.0909. The van der Waals surface area contributed by atoms with E-state index in [-0.39, 0.29) is 0 Å². The van der Waals surface area contributed by atoms with Crippen molar-refractivity contribution in [3.05, 3.63) is 36.8 Å². The molecule has 0 aliphatic carbocycles. The molecule has 2 N–H and O–H groups in total. The summed E-state index contributed by atoms with van der Waals surface area (Å²) in [6, 6.07) is 5.48. The van der Waals surface area contributed by atoms with E-state index < -0.39 is 0 Å². The van der Waals surface area contributed by atoms with Gasteiger partial charge in [-0.1, -0.05) is 0 Å². The van der Waals surface area contributed by atoms with Gasteiger partial charge in [-0.05, 0) is 12.1 Å². The van der Waals surface area contributed by atoms with E-state index in [0.717, 1.165) is 17.0 Å². The number of nitrogen functional groups attached to an aromatic ring is 1. The van der Waals surface area contributed by atoms with Crippen LogP contribution in [0.1, 0.15) is 0 Å². The lowest BCUT2D eigenvalue weighted by Crippen LogP contribution is -1.91. The van der Waals surface area contributed by atoms with Gasteiger partial charge in [0.2, 0.25) is 0 Å². The first-order chi connectivity index (χ1) is 7.29. The molecule has 4 nitrogen and oxygen atoms in total. The fourth-order valence-corrected chi connectivity index (χ4v) is 1.34. The average Bonchev–Trinajstić information content (AvgIpc) is 2.29. The van der Waals surface area contributed by atoms with E-state index in [1.54, 1.807) is 31.8 Å². The van der Waals surface area contributed by atoms with Crippen molar-refractivity contribution in [3.63, 3.8) is 0 Å². The molecule has 2 aromatic rings. The zero-order chi connectivity index (χ0) is 10.7. The predicted molar refractivity (Wildman–Crippen MR) is 58.4 cm³/mol. The molecule has 0 radical (unpaired) electrons. The summed E-state index contributed by atoms with van der Waals surface area (Å²) >= 11 is 0. The first-order valence-electron chi connectivity index (χ1n) is 4.50. The lowest BCUT2D eigenvalue weighted by molar-refractivity contribution is 0.415. The van der Waals surface area contributed by atoms with Crippen molar-refractivity contribution in [1.29, 1.82) is 0 Å². The zero-order valence-electron chi connectivity index (χ0n) is 8.34. The molecule has 1 heterocycles. The number of anilines is 1. The molecule has 4 heteroatoms. The van der Waals surface area contributed by atoms with Gasteiger partial charge in [0.15, 0.2) is 0 Å². The number of hydrogen-bond acceptors (Lipinski definition) is 4. The minimum absolute atomic E-state index is 0.648. The van der Waals surface area contributed by atoms with E-state index in [0.29, 0.717) is 5.69 Å². The van der Waals surface area contributed by atoms with Crippen LogP contribution in [0.25, 0.3) is 11.3 Å². The topological polar surface area (TPSA) is 61.0 Å². The lowest BCUT2D eigenvalue weighted by atomic mass is 10.1. The number of hydrogen-bond donors (Lipinski definition) is 1. The van der Waals surface area contributed by atoms with Crippen molar-refractivity contribution < 1.29 is 4.74 Å². The number of ether oxygens (including phenoxy) is 1. The first kappa shape index (κ1) is 9.45. The van der Waals surface area contributed by atoms with Crippen molar-refractivity contribution >= 4 is 5.69 Å².